The molecule has 0 radical (unpaired) electrons. The summed E-state index contributed by atoms with van der Waals surface area (Å²) < 4.78 is 0. The number of carbonyl (C=O) groups is 1. The fourth-order valence-electron chi connectivity index (χ4n) is 1.48. The topological polar surface area (TPSA) is 79.5 Å². The summed E-state index contributed by atoms with van der Waals surface area (Å²) in [4.78, 5) is 15.2. The zero-order valence-electron chi connectivity index (χ0n) is 10.4. The van der Waals surface area contributed by atoms with Crippen LogP contribution in [0.1, 0.15) is 32.6 Å². The highest BCUT2D eigenvalue weighted by Crippen LogP contribution is 2.24. The molecule has 4 N–H and O–H groups in total. The predicted octanol–water partition coefficient (Wildman–Crippen LogP) is 0.835. The van der Waals surface area contributed by atoms with Gasteiger partial charge in [-0.25, -0.2) is 4.99 Å². The largest absolute Gasteiger partial charge is 0.370 e. The summed E-state index contributed by atoms with van der Waals surface area (Å²) in [5, 5.41) is 5.79. The number of carbonyl (C=O) groups excluding carboxylic acids is 1. The first-order valence-electron chi connectivity index (χ1n) is 6.03. The highest BCUT2D eigenvalue weighted by Gasteiger charge is 2.16. The Morgan fingerprint density at radius 2 is 2.12 bits per heavy atom. The molecular weight excluding hydrogens is 331 g/mol. The Hall–Kier alpha value is -0.530. The molecule has 6 heteroatoms. The molecule has 1 aliphatic carbocycles. The molecule has 0 heterocycles. The van der Waals surface area contributed by atoms with Gasteiger partial charge in [0, 0.05) is 13.1 Å². The van der Waals surface area contributed by atoms with Gasteiger partial charge in [-0.1, -0.05) is 13.3 Å². The molecule has 0 aliphatic heterocycles. The molecule has 100 valence electrons. The van der Waals surface area contributed by atoms with Crippen molar-refractivity contribution in [3.63, 3.8) is 0 Å². The van der Waals surface area contributed by atoms with E-state index in [1.54, 1.807) is 0 Å². The Labute approximate surface area is 120 Å². The maximum Gasteiger partial charge on any atom is 0.241 e. The monoisotopic (exact) mass is 354 g/mol. The van der Waals surface area contributed by atoms with E-state index in [1.807, 2.05) is 6.92 Å². The molecule has 0 aromatic carbocycles. The van der Waals surface area contributed by atoms with Crippen LogP contribution < -0.4 is 16.4 Å². The van der Waals surface area contributed by atoms with Crippen LogP contribution in [-0.2, 0) is 4.79 Å². The van der Waals surface area contributed by atoms with E-state index in [-0.39, 0.29) is 36.4 Å². The Morgan fingerprint density at radius 3 is 2.65 bits per heavy atom. The number of amides is 1. The maximum absolute atomic E-state index is 11.2. The van der Waals surface area contributed by atoms with Crippen molar-refractivity contribution < 1.29 is 4.79 Å². The molecule has 0 saturated heterocycles. The summed E-state index contributed by atoms with van der Waals surface area (Å²) in [5.74, 6) is 1.04. The van der Waals surface area contributed by atoms with E-state index < -0.39 is 0 Å². The minimum atomic E-state index is -0.0738. The van der Waals surface area contributed by atoms with Crippen molar-refractivity contribution in [3.8, 4) is 0 Å². The van der Waals surface area contributed by atoms with Crippen LogP contribution in [0.3, 0.4) is 0 Å². The van der Waals surface area contributed by atoms with Gasteiger partial charge >= 0.3 is 0 Å². The number of nitrogens with zero attached hydrogens (tertiary/aromatic N) is 1. The van der Waals surface area contributed by atoms with Gasteiger partial charge in [-0.2, -0.15) is 0 Å². The normalized spacial score (nSPS) is 15.7. The molecule has 1 amide bonds. The zero-order chi connectivity index (χ0) is 11.8. The van der Waals surface area contributed by atoms with Gasteiger partial charge < -0.3 is 16.4 Å². The molecule has 1 aliphatic rings. The van der Waals surface area contributed by atoms with E-state index in [0.717, 1.165) is 18.9 Å². The third-order valence-electron chi connectivity index (χ3n) is 2.76. The molecule has 0 unspecified atom stereocenters. The van der Waals surface area contributed by atoms with E-state index in [2.05, 4.69) is 15.6 Å². The van der Waals surface area contributed by atoms with E-state index in [9.17, 15) is 4.79 Å². The Balaban J connectivity index is 0.00000256. The fraction of sp³-hybridized carbons (Fsp3) is 0.818. The van der Waals surface area contributed by atoms with Crippen molar-refractivity contribution in [2.45, 2.75) is 32.6 Å². The summed E-state index contributed by atoms with van der Waals surface area (Å²) in [6.45, 7) is 3.71. The summed E-state index contributed by atoms with van der Waals surface area (Å²) in [6.07, 6.45) is 4.81. The van der Waals surface area contributed by atoms with Crippen molar-refractivity contribution in [2.24, 2.45) is 16.6 Å². The molecule has 0 spiro atoms. The van der Waals surface area contributed by atoms with Gasteiger partial charge in [-0.15, -0.1) is 24.0 Å². The first kappa shape index (κ1) is 16.5. The number of hydrogen-bond donors (Lipinski definition) is 3. The van der Waals surface area contributed by atoms with E-state index >= 15 is 0 Å². The molecular formula is C11H23IN4O. The van der Waals surface area contributed by atoms with Gasteiger partial charge in [-0.05, 0) is 25.2 Å². The van der Waals surface area contributed by atoms with Gasteiger partial charge in [0.05, 0.1) is 0 Å². The summed E-state index contributed by atoms with van der Waals surface area (Å²) >= 11 is 0. The van der Waals surface area contributed by atoms with Crippen LogP contribution in [-0.4, -0.2) is 31.5 Å². The molecule has 0 aromatic rings. The van der Waals surface area contributed by atoms with E-state index in [4.69, 9.17) is 5.73 Å². The van der Waals surface area contributed by atoms with Gasteiger partial charge in [0.15, 0.2) is 5.96 Å². The van der Waals surface area contributed by atoms with Crippen LogP contribution >= 0.6 is 24.0 Å². The average molecular weight is 354 g/mol. The van der Waals surface area contributed by atoms with E-state index in [0.29, 0.717) is 12.5 Å². The molecule has 1 rings (SSSR count). The molecule has 5 nitrogen and oxygen atoms in total. The molecule has 0 bridgehead atoms. The van der Waals surface area contributed by atoms with Crippen LogP contribution in [0.4, 0.5) is 0 Å². The minimum absolute atomic E-state index is 0. The Bertz CT molecular complexity index is 254. The van der Waals surface area contributed by atoms with Crippen LogP contribution in [0.5, 0.6) is 0 Å². The van der Waals surface area contributed by atoms with Crippen molar-refractivity contribution in [1.29, 1.82) is 0 Å². The highest BCUT2D eigenvalue weighted by atomic mass is 127. The molecule has 1 saturated carbocycles. The fourth-order valence-corrected chi connectivity index (χ4v) is 1.48. The van der Waals surface area contributed by atoms with Gasteiger partial charge in [0.25, 0.3) is 0 Å². The smallest absolute Gasteiger partial charge is 0.241 e. The second kappa shape index (κ2) is 9.49. The summed E-state index contributed by atoms with van der Waals surface area (Å²) in [5.41, 5.74) is 5.64. The number of nitrogens with two attached hydrogens (primary N) is 1. The number of aliphatic imine (C=N–C) groups is 1. The SMILES string of the molecule is CCCNC(=O)CN=C(N)NCC1CCC1.I. The number of rotatable bonds is 6. The van der Waals surface area contributed by atoms with Crippen molar-refractivity contribution in [3.05, 3.63) is 0 Å². The van der Waals surface area contributed by atoms with Crippen LogP contribution in [0.15, 0.2) is 4.99 Å². The van der Waals surface area contributed by atoms with Crippen molar-refractivity contribution >= 4 is 35.8 Å². The molecule has 0 atom stereocenters. The maximum atomic E-state index is 11.2. The predicted molar refractivity (Wildman–Crippen MR) is 80.5 cm³/mol. The third-order valence-corrected chi connectivity index (χ3v) is 2.76. The second-order valence-electron chi connectivity index (χ2n) is 4.23. The zero-order valence-corrected chi connectivity index (χ0v) is 12.7. The first-order valence-corrected chi connectivity index (χ1v) is 6.03. The minimum Gasteiger partial charge on any atom is -0.370 e. The summed E-state index contributed by atoms with van der Waals surface area (Å²) in [7, 11) is 0. The average Bonchev–Trinajstić information content (AvgIpc) is 2.21. The Morgan fingerprint density at radius 1 is 1.41 bits per heavy atom. The van der Waals surface area contributed by atoms with Crippen LogP contribution in [0.25, 0.3) is 0 Å². The Kier molecular flexibility index (Phi) is 9.20. The highest BCUT2D eigenvalue weighted by molar-refractivity contribution is 14.0. The second-order valence-corrected chi connectivity index (χ2v) is 4.23. The quantitative estimate of drug-likeness (QED) is 0.376. The molecule has 17 heavy (non-hydrogen) atoms. The van der Waals surface area contributed by atoms with Crippen molar-refractivity contribution in [2.75, 3.05) is 19.6 Å². The molecule has 0 aromatic heterocycles. The number of guanidine groups is 1. The lowest BCUT2D eigenvalue weighted by Crippen LogP contribution is -2.38. The lowest BCUT2D eigenvalue weighted by Gasteiger charge is -2.25. The molecule has 1 fully saturated rings. The third kappa shape index (κ3) is 7.40. The van der Waals surface area contributed by atoms with Gasteiger partial charge in [0.1, 0.15) is 6.54 Å². The standard InChI is InChI=1S/C11H22N4O.HI/c1-2-6-13-10(16)8-15-11(12)14-7-9-4-3-5-9;/h9H,2-8H2,1H3,(H,13,16)(H3,12,14,15);1H. The van der Waals surface area contributed by atoms with Crippen LogP contribution in [0.2, 0.25) is 0 Å². The lowest BCUT2D eigenvalue weighted by atomic mass is 9.85. The number of nitrogens with one attached hydrogen (secondary N) is 2. The first-order chi connectivity index (χ1) is 7.72. The number of hydrogen-bond acceptors (Lipinski definition) is 2. The van der Waals surface area contributed by atoms with E-state index in [1.165, 1.54) is 19.3 Å². The van der Waals surface area contributed by atoms with Crippen molar-refractivity contribution in [1.82, 2.24) is 10.6 Å². The van der Waals surface area contributed by atoms with Gasteiger partial charge in [-0.3, -0.25) is 4.79 Å². The lowest BCUT2D eigenvalue weighted by molar-refractivity contribution is -0.119. The van der Waals surface area contributed by atoms with Crippen LogP contribution in [0, 0.1) is 5.92 Å². The number of halogens is 1. The van der Waals surface area contributed by atoms with Gasteiger partial charge in [0.2, 0.25) is 5.91 Å². The summed E-state index contributed by atoms with van der Waals surface area (Å²) in [6, 6.07) is 0.